The first-order valence-electron chi connectivity index (χ1n) is 3.54. The highest BCUT2D eigenvalue weighted by Crippen LogP contribution is 2.17. The van der Waals surface area contributed by atoms with Gasteiger partial charge < -0.3 is 5.11 Å². The summed E-state index contributed by atoms with van der Waals surface area (Å²) in [7, 11) is 0. The van der Waals surface area contributed by atoms with Gasteiger partial charge >= 0.3 is 5.97 Å². The minimum Gasteiger partial charge on any atom is -0.477 e. The van der Waals surface area contributed by atoms with Crippen LogP contribution in [0.3, 0.4) is 0 Å². The highest BCUT2D eigenvalue weighted by molar-refractivity contribution is 5.85. The number of hydrogen-bond donors (Lipinski definition) is 2. The van der Waals surface area contributed by atoms with Gasteiger partial charge in [-0.25, -0.2) is 13.6 Å². The van der Waals surface area contributed by atoms with Crippen molar-refractivity contribution in [2.24, 2.45) is 0 Å². The number of rotatable bonds is 3. The molecule has 13 heavy (non-hydrogen) atoms. The second-order valence-electron chi connectivity index (χ2n) is 2.83. The summed E-state index contributed by atoms with van der Waals surface area (Å²) in [6.07, 6.45) is -0.559. The largest absolute Gasteiger partial charge is 0.477 e. The van der Waals surface area contributed by atoms with Crippen molar-refractivity contribution in [1.82, 2.24) is 10.2 Å². The van der Waals surface area contributed by atoms with E-state index < -0.39 is 18.3 Å². The normalized spacial score (nSPS) is 11.6. The molecule has 1 aromatic rings. The van der Waals surface area contributed by atoms with Crippen LogP contribution in [0, 0.1) is 0 Å². The number of alkyl halides is 2. The molecule has 0 radical (unpaired) electrons. The molecule has 0 aliphatic rings. The Labute approximate surface area is 72.6 Å². The van der Waals surface area contributed by atoms with Crippen LogP contribution in [0.25, 0.3) is 0 Å². The summed E-state index contributed by atoms with van der Waals surface area (Å²) in [5.74, 6) is -4.08. The summed E-state index contributed by atoms with van der Waals surface area (Å²) >= 11 is 0. The molecule has 0 saturated carbocycles. The van der Waals surface area contributed by atoms with Gasteiger partial charge in [0.05, 0.1) is 12.1 Å². The molecule has 0 atom stereocenters. The second kappa shape index (κ2) is 3.12. The van der Waals surface area contributed by atoms with E-state index in [1.165, 1.54) is 0 Å². The summed E-state index contributed by atoms with van der Waals surface area (Å²) in [5, 5.41) is 14.0. The van der Waals surface area contributed by atoms with E-state index in [2.05, 4.69) is 10.2 Å². The number of nitrogens with one attached hydrogen (secondary N) is 1. The van der Waals surface area contributed by atoms with Crippen LogP contribution in [-0.4, -0.2) is 27.2 Å². The minimum atomic E-state index is -2.87. The van der Waals surface area contributed by atoms with Gasteiger partial charge in [0.1, 0.15) is 5.69 Å². The fourth-order valence-corrected chi connectivity index (χ4v) is 0.881. The Morgan fingerprint density at radius 3 is 2.77 bits per heavy atom. The van der Waals surface area contributed by atoms with Crippen LogP contribution < -0.4 is 0 Å². The van der Waals surface area contributed by atoms with Gasteiger partial charge in [-0.2, -0.15) is 5.10 Å². The Morgan fingerprint density at radius 1 is 1.77 bits per heavy atom. The van der Waals surface area contributed by atoms with Gasteiger partial charge in [0.2, 0.25) is 0 Å². The molecule has 0 saturated heterocycles. The van der Waals surface area contributed by atoms with Crippen LogP contribution in [0.1, 0.15) is 23.1 Å². The van der Waals surface area contributed by atoms with Gasteiger partial charge in [-0.3, -0.25) is 5.10 Å². The van der Waals surface area contributed by atoms with Crippen LogP contribution in [0.15, 0.2) is 6.07 Å². The van der Waals surface area contributed by atoms with E-state index in [1.54, 1.807) is 0 Å². The molecule has 0 bridgehead atoms. The van der Waals surface area contributed by atoms with Crippen molar-refractivity contribution in [3.8, 4) is 0 Å². The maximum Gasteiger partial charge on any atom is 0.353 e. The number of aromatic amines is 1. The summed E-state index contributed by atoms with van der Waals surface area (Å²) in [6.45, 7) is 0.752. The van der Waals surface area contributed by atoms with Crippen molar-refractivity contribution < 1.29 is 18.7 Å². The Hall–Kier alpha value is -1.46. The fourth-order valence-electron chi connectivity index (χ4n) is 0.881. The highest BCUT2D eigenvalue weighted by Gasteiger charge is 2.23. The molecule has 1 heterocycles. The zero-order valence-corrected chi connectivity index (χ0v) is 6.84. The lowest BCUT2D eigenvalue weighted by Crippen LogP contribution is -2.13. The third-order valence-corrected chi connectivity index (χ3v) is 1.35. The minimum absolute atomic E-state index is 0.0462. The molecule has 0 unspecified atom stereocenters. The zero-order valence-electron chi connectivity index (χ0n) is 6.84. The van der Waals surface area contributed by atoms with Crippen LogP contribution >= 0.6 is 0 Å². The maximum atomic E-state index is 12.4. The standard InChI is InChI=1S/C7H8F2N2O2/c1-7(8,9)3-4-2-5(6(12)13)11-10-4/h2H,3H2,1H3,(H,10,11)(H,12,13). The first-order chi connectivity index (χ1) is 5.88. The highest BCUT2D eigenvalue weighted by atomic mass is 19.3. The predicted molar refractivity (Wildman–Crippen MR) is 39.9 cm³/mol. The number of carboxylic acid groups (broad SMARTS) is 1. The van der Waals surface area contributed by atoms with Gasteiger partial charge in [0, 0.05) is 0 Å². The summed E-state index contributed by atoms with van der Waals surface area (Å²) in [4.78, 5) is 10.3. The summed E-state index contributed by atoms with van der Waals surface area (Å²) in [6, 6.07) is 1.10. The van der Waals surface area contributed by atoms with Gasteiger partial charge in [-0.05, 0) is 13.0 Å². The number of halogens is 2. The Morgan fingerprint density at radius 2 is 2.38 bits per heavy atom. The lowest BCUT2D eigenvalue weighted by molar-refractivity contribution is 0.0216. The average Bonchev–Trinajstić information content (AvgIpc) is 2.31. The monoisotopic (exact) mass is 190 g/mol. The molecule has 0 amide bonds. The zero-order chi connectivity index (χ0) is 10.1. The molecule has 1 aromatic heterocycles. The molecule has 2 N–H and O–H groups in total. The molecule has 0 fully saturated rings. The second-order valence-corrected chi connectivity index (χ2v) is 2.83. The van der Waals surface area contributed by atoms with E-state index in [0.29, 0.717) is 0 Å². The third kappa shape index (κ3) is 2.81. The number of aromatic carboxylic acids is 1. The van der Waals surface area contributed by atoms with Crippen molar-refractivity contribution >= 4 is 5.97 Å². The Bertz CT molecular complexity index is 317. The molecule has 0 aliphatic heterocycles. The number of H-pyrrole nitrogens is 1. The molecule has 0 aromatic carbocycles. The number of hydrogen-bond acceptors (Lipinski definition) is 2. The lowest BCUT2D eigenvalue weighted by atomic mass is 10.2. The van der Waals surface area contributed by atoms with Crippen molar-refractivity contribution in [2.45, 2.75) is 19.3 Å². The van der Waals surface area contributed by atoms with Gasteiger partial charge in [-0.15, -0.1) is 0 Å². The van der Waals surface area contributed by atoms with Crippen LogP contribution in [-0.2, 0) is 6.42 Å². The molecule has 0 aliphatic carbocycles. The van der Waals surface area contributed by atoms with Crippen LogP contribution in [0.4, 0.5) is 8.78 Å². The first-order valence-corrected chi connectivity index (χ1v) is 3.54. The van der Waals surface area contributed by atoms with Crippen molar-refractivity contribution in [3.63, 3.8) is 0 Å². The van der Waals surface area contributed by atoms with Crippen LogP contribution in [0.2, 0.25) is 0 Å². The average molecular weight is 190 g/mol. The van der Waals surface area contributed by atoms with E-state index >= 15 is 0 Å². The van der Waals surface area contributed by atoms with Crippen molar-refractivity contribution in [3.05, 3.63) is 17.5 Å². The van der Waals surface area contributed by atoms with E-state index in [1.807, 2.05) is 0 Å². The summed E-state index contributed by atoms with van der Waals surface area (Å²) < 4.78 is 24.8. The summed E-state index contributed by atoms with van der Waals surface area (Å²) in [5.41, 5.74) is -0.135. The number of carbonyl (C=O) groups is 1. The molecule has 72 valence electrons. The number of aromatic nitrogens is 2. The fraction of sp³-hybridized carbons (Fsp3) is 0.429. The number of carboxylic acids is 1. The van der Waals surface area contributed by atoms with E-state index in [4.69, 9.17) is 5.11 Å². The van der Waals surface area contributed by atoms with Gasteiger partial charge in [0.25, 0.3) is 5.92 Å². The quantitative estimate of drug-likeness (QED) is 0.755. The van der Waals surface area contributed by atoms with Gasteiger partial charge in [-0.1, -0.05) is 0 Å². The maximum absolute atomic E-state index is 12.4. The van der Waals surface area contributed by atoms with Crippen LogP contribution in [0.5, 0.6) is 0 Å². The molecule has 4 nitrogen and oxygen atoms in total. The molecular formula is C7H8F2N2O2. The first kappa shape index (κ1) is 9.63. The molecule has 6 heteroatoms. The SMILES string of the molecule is CC(F)(F)Cc1cc(C(=O)O)[nH]n1. The smallest absolute Gasteiger partial charge is 0.353 e. The predicted octanol–water partition coefficient (Wildman–Crippen LogP) is 1.31. The van der Waals surface area contributed by atoms with E-state index in [9.17, 15) is 13.6 Å². The van der Waals surface area contributed by atoms with Crippen molar-refractivity contribution in [1.29, 1.82) is 0 Å². The molecule has 0 spiro atoms. The topological polar surface area (TPSA) is 66.0 Å². The lowest BCUT2D eigenvalue weighted by Gasteiger charge is -2.05. The third-order valence-electron chi connectivity index (χ3n) is 1.35. The Kier molecular flexibility index (Phi) is 2.31. The van der Waals surface area contributed by atoms with E-state index in [0.717, 1.165) is 13.0 Å². The Balaban J connectivity index is 2.75. The van der Waals surface area contributed by atoms with E-state index in [-0.39, 0.29) is 11.4 Å². The van der Waals surface area contributed by atoms with Crippen molar-refractivity contribution in [2.75, 3.05) is 0 Å². The van der Waals surface area contributed by atoms with Gasteiger partial charge in [0.15, 0.2) is 0 Å². The number of nitrogens with zero attached hydrogens (tertiary/aromatic N) is 1. The molecule has 1 rings (SSSR count). The molecular weight excluding hydrogens is 182 g/mol.